The molecule has 0 fully saturated rings. The maximum absolute atomic E-state index is 11.6. The Hall–Kier alpha value is -2.11. The van der Waals surface area contributed by atoms with Gasteiger partial charge in [-0.15, -0.1) is 11.8 Å². The quantitative estimate of drug-likeness (QED) is 0.381. The number of aliphatic carboxylic acids is 1. The third-order valence-corrected chi connectivity index (χ3v) is 5.19. The zero-order valence-corrected chi connectivity index (χ0v) is 15.9. The maximum Gasteiger partial charge on any atom is 0.314 e. The van der Waals surface area contributed by atoms with Crippen LogP contribution in [0.25, 0.3) is 0 Å². The summed E-state index contributed by atoms with van der Waals surface area (Å²) in [5, 5.41) is 9.24. The van der Waals surface area contributed by atoms with Crippen molar-refractivity contribution in [3.8, 4) is 0 Å². The molecule has 0 heterocycles. The van der Waals surface area contributed by atoms with Crippen LogP contribution in [0.2, 0.25) is 0 Å². The minimum absolute atomic E-state index is 0.320. The average molecular weight is 372 g/mol. The van der Waals surface area contributed by atoms with Crippen molar-refractivity contribution in [2.75, 3.05) is 12.4 Å². The van der Waals surface area contributed by atoms with E-state index >= 15 is 0 Å². The summed E-state index contributed by atoms with van der Waals surface area (Å²) < 4.78 is 5.66. The molecule has 2 rings (SSSR count). The van der Waals surface area contributed by atoms with Gasteiger partial charge in [0.2, 0.25) is 0 Å². The molecule has 0 amide bonds. The number of ether oxygens (including phenoxy) is 1. The second-order valence-electron chi connectivity index (χ2n) is 6.17. The molecule has 0 radical (unpaired) electrons. The van der Waals surface area contributed by atoms with Crippen LogP contribution in [0.3, 0.4) is 0 Å². The van der Waals surface area contributed by atoms with Crippen LogP contribution < -0.4 is 0 Å². The third-order valence-electron chi connectivity index (χ3n) is 4.22. The molecule has 0 aliphatic rings. The highest BCUT2D eigenvalue weighted by molar-refractivity contribution is 7.99. The van der Waals surface area contributed by atoms with E-state index in [4.69, 9.17) is 4.74 Å². The van der Waals surface area contributed by atoms with Crippen LogP contribution in [0.4, 0.5) is 0 Å². The van der Waals surface area contributed by atoms with Crippen molar-refractivity contribution in [1.82, 2.24) is 0 Å². The Balaban J connectivity index is 1.80. The second kappa shape index (κ2) is 10.1. The van der Waals surface area contributed by atoms with Crippen molar-refractivity contribution in [2.45, 2.75) is 31.3 Å². The summed E-state index contributed by atoms with van der Waals surface area (Å²) in [6.07, 6.45) is 0. The Morgan fingerprint density at radius 3 is 2.31 bits per heavy atom. The molecule has 0 aliphatic heterocycles. The number of carboxylic acid groups (broad SMARTS) is 1. The number of benzene rings is 2. The van der Waals surface area contributed by atoms with E-state index in [1.807, 2.05) is 54.6 Å². The fourth-order valence-electron chi connectivity index (χ4n) is 2.78. The van der Waals surface area contributed by atoms with Gasteiger partial charge in [0.1, 0.15) is 11.7 Å². The van der Waals surface area contributed by atoms with Gasteiger partial charge in [-0.1, -0.05) is 49.4 Å². The summed E-state index contributed by atoms with van der Waals surface area (Å²) in [4.78, 5) is 24.0. The predicted octanol–water partition coefficient (Wildman–Crippen LogP) is 4.39. The second-order valence-corrected chi connectivity index (χ2v) is 7.34. The Bertz CT molecular complexity index is 699. The largest absolute Gasteiger partial charge is 0.481 e. The van der Waals surface area contributed by atoms with Gasteiger partial charge >= 0.3 is 5.97 Å². The number of Topliss-reactive ketones (excluding diaryl/α,β-unsaturated/α-hetero) is 1. The summed E-state index contributed by atoms with van der Waals surface area (Å²) in [5.41, 5.74) is 2.02. The zero-order valence-electron chi connectivity index (χ0n) is 15.1. The first-order chi connectivity index (χ1) is 12.5. The highest BCUT2D eigenvalue weighted by Gasteiger charge is 2.30. The van der Waals surface area contributed by atoms with Crippen LogP contribution >= 0.6 is 11.8 Å². The molecule has 5 heteroatoms. The van der Waals surface area contributed by atoms with Crippen molar-refractivity contribution in [1.29, 1.82) is 0 Å². The first-order valence-corrected chi connectivity index (χ1v) is 9.55. The van der Waals surface area contributed by atoms with Crippen molar-refractivity contribution in [2.24, 2.45) is 5.92 Å². The Labute approximate surface area is 158 Å². The molecular formula is C21H24O4S. The summed E-state index contributed by atoms with van der Waals surface area (Å²) >= 11 is 1.69. The number of hydrogen-bond donors (Lipinski definition) is 1. The fourth-order valence-corrected chi connectivity index (χ4v) is 3.55. The van der Waals surface area contributed by atoms with Gasteiger partial charge in [-0.3, -0.25) is 9.59 Å². The molecule has 2 atom stereocenters. The molecular weight excluding hydrogens is 348 g/mol. The average Bonchev–Trinajstić information content (AvgIpc) is 2.62. The van der Waals surface area contributed by atoms with Crippen LogP contribution in [0.15, 0.2) is 59.5 Å². The lowest BCUT2D eigenvalue weighted by atomic mass is 9.85. The number of carboxylic acids is 1. The Morgan fingerprint density at radius 2 is 1.73 bits per heavy atom. The minimum Gasteiger partial charge on any atom is -0.481 e. The number of thioether (sulfide) groups is 1. The fraction of sp³-hybridized carbons (Fsp3) is 0.333. The van der Waals surface area contributed by atoms with E-state index in [1.165, 1.54) is 6.92 Å². The van der Waals surface area contributed by atoms with Gasteiger partial charge in [-0.2, -0.15) is 0 Å². The molecule has 0 saturated carbocycles. The summed E-state index contributed by atoms with van der Waals surface area (Å²) in [5.74, 6) is -1.90. The van der Waals surface area contributed by atoms with E-state index in [0.29, 0.717) is 13.2 Å². The predicted molar refractivity (Wildman–Crippen MR) is 103 cm³/mol. The van der Waals surface area contributed by atoms with Gasteiger partial charge in [-0.25, -0.2) is 0 Å². The molecule has 0 aliphatic carbocycles. The van der Waals surface area contributed by atoms with Crippen molar-refractivity contribution >= 4 is 23.5 Å². The molecule has 138 valence electrons. The van der Waals surface area contributed by atoms with E-state index in [1.54, 1.807) is 18.7 Å². The number of hydrogen-bond acceptors (Lipinski definition) is 4. The minimum atomic E-state index is -1.07. The third kappa shape index (κ3) is 6.00. The van der Waals surface area contributed by atoms with Crippen LogP contribution in [-0.2, 0) is 20.9 Å². The lowest BCUT2D eigenvalue weighted by molar-refractivity contribution is -0.146. The molecule has 0 spiro atoms. The topological polar surface area (TPSA) is 63.6 Å². The van der Waals surface area contributed by atoms with E-state index < -0.39 is 11.9 Å². The highest BCUT2D eigenvalue weighted by Crippen LogP contribution is 2.27. The Kier molecular flexibility index (Phi) is 7.88. The maximum atomic E-state index is 11.6. The molecule has 0 saturated heterocycles. The van der Waals surface area contributed by atoms with Gasteiger partial charge in [0, 0.05) is 16.6 Å². The highest BCUT2D eigenvalue weighted by atomic mass is 32.2. The van der Waals surface area contributed by atoms with Crippen molar-refractivity contribution in [3.05, 3.63) is 65.7 Å². The van der Waals surface area contributed by atoms with Gasteiger partial charge in [-0.05, 0) is 30.2 Å². The summed E-state index contributed by atoms with van der Waals surface area (Å²) in [6, 6.07) is 17.8. The molecule has 0 bridgehead atoms. The molecule has 2 unspecified atom stereocenters. The standard InChI is InChI=1S/C21H24O4S/c1-15(20(16(2)22)21(23)24)18-8-10-19(11-9-18)26-13-12-25-14-17-6-4-3-5-7-17/h3-11,15,20H,12-14H2,1-2H3,(H,23,24). The SMILES string of the molecule is CC(=O)C(C(=O)O)C(C)c1ccc(SCCOCc2ccccc2)cc1. The van der Waals surface area contributed by atoms with Crippen LogP contribution in [-0.4, -0.2) is 29.2 Å². The first kappa shape index (κ1) is 20.2. The monoisotopic (exact) mass is 372 g/mol. The number of carbonyl (C=O) groups excluding carboxylic acids is 1. The molecule has 1 N–H and O–H groups in total. The Morgan fingerprint density at radius 1 is 1.08 bits per heavy atom. The summed E-state index contributed by atoms with van der Waals surface area (Å²) in [6.45, 7) is 4.37. The number of carbonyl (C=O) groups is 2. The summed E-state index contributed by atoms with van der Waals surface area (Å²) in [7, 11) is 0. The molecule has 0 aromatic heterocycles. The normalized spacial score (nSPS) is 13.2. The smallest absolute Gasteiger partial charge is 0.314 e. The zero-order chi connectivity index (χ0) is 18.9. The van der Waals surface area contributed by atoms with Gasteiger partial charge in [0.25, 0.3) is 0 Å². The van der Waals surface area contributed by atoms with Crippen molar-refractivity contribution in [3.63, 3.8) is 0 Å². The number of rotatable bonds is 10. The van der Waals surface area contributed by atoms with E-state index in [-0.39, 0.29) is 11.7 Å². The van der Waals surface area contributed by atoms with Crippen LogP contribution in [0.5, 0.6) is 0 Å². The van der Waals surface area contributed by atoms with Gasteiger partial charge in [0.15, 0.2) is 0 Å². The van der Waals surface area contributed by atoms with Crippen LogP contribution in [0, 0.1) is 5.92 Å². The van der Waals surface area contributed by atoms with Crippen LogP contribution in [0.1, 0.15) is 30.9 Å². The van der Waals surface area contributed by atoms with Gasteiger partial charge < -0.3 is 9.84 Å². The van der Waals surface area contributed by atoms with E-state index in [0.717, 1.165) is 21.8 Å². The van der Waals surface area contributed by atoms with E-state index in [9.17, 15) is 14.7 Å². The molecule has 2 aromatic rings. The van der Waals surface area contributed by atoms with E-state index in [2.05, 4.69) is 0 Å². The lowest BCUT2D eigenvalue weighted by Gasteiger charge is -2.18. The lowest BCUT2D eigenvalue weighted by Crippen LogP contribution is -2.26. The van der Waals surface area contributed by atoms with Gasteiger partial charge in [0.05, 0.1) is 13.2 Å². The molecule has 4 nitrogen and oxygen atoms in total. The number of ketones is 1. The van der Waals surface area contributed by atoms with Crippen molar-refractivity contribution < 1.29 is 19.4 Å². The molecule has 26 heavy (non-hydrogen) atoms. The first-order valence-electron chi connectivity index (χ1n) is 8.56. The molecule has 2 aromatic carbocycles.